The van der Waals surface area contributed by atoms with E-state index < -0.39 is 22.3 Å². The minimum Gasteiger partial charge on any atom is -0.370 e. The molecule has 0 saturated carbocycles. The predicted molar refractivity (Wildman–Crippen MR) is 183 cm³/mol. The van der Waals surface area contributed by atoms with Crippen LogP contribution < -0.4 is 4.90 Å². The predicted octanol–water partition coefficient (Wildman–Crippen LogP) is 6.50. The summed E-state index contributed by atoms with van der Waals surface area (Å²) in [6.07, 6.45) is 2.14. The zero-order chi connectivity index (χ0) is 32.5. The molecule has 0 spiro atoms. The number of amides is 1. The third-order valence-corrected chi connectivity index (χ3v) is 11.9. The lowest BCUT2D eigenvalue weighted by Gasteiger charge is -2.40. The third-order valence-electron chi connectivity index (χ3n) is 8.05. The molecule has 2 aliphatic heterocycles. The van der Waals surface area contributed by atoms with Crippen molar-refractivity contribution in [1.29, 1.82) is 0 Å². The van der Waals surface area contributed by atoms with E-state index in [1.807, 2.05) is 17.8 Å². The molecule has 1 fully saturated rings. The molecule has 2 atom stereocenters. The van der Waals surface area contributed by atoms with Gasteiger partial charge >= 0.3 is 5.97 Å². The van der Waals surface area contributed by atoms with Crippen molar-refractivity contribution in [3.8, 4) is 0 Å². The number of thioether (sulfide) groups is 2. The van der Waals surface area contributed by atoms with Crippen molar-refractivity contribution < 1.29 is 32.5 Å². The highest BCUT2D eigenvalue weighted by Gasteiger charge is 2.36. The number of hydroxylamine groups is 2. The van der Waals surface area contributed by atoms with Gasteiger partial charge in [-0.25, -0.2) is 4.79 Å². The number of fused-ring (bicyclic) bond motifs is 2. The topological polar surface area (TPSA) is 124 Å². The maximum atomic E-state index is 12.2. The van der Waals surface area contributed by atoms with Crippen molar-refractivity contribution >= 4 is 56.9 Å². The zero-order valence-corrected chi connectivity index (χ0v) is 28.0. The summed E-state index contributed by atoms with van der Waals surface area (Å²) in [5, 5.41) is 10.6. The molecule has 2 unspecified atom stereocenters. The molecule has 0 bridgehead atoms. The standard InChI is InChI=1S/C34H40N2O7S3/c37-30-19-20-31(38)36(30)43-32(39)18-5-2-10-21-44-34(45-22-11-23-46(40,41)42)33-26-14-6-8-16-28(26)35(24-25-12-3-1-4-13-25)29-17-9-7-15-27(29)33/h1,3-4,6-9,12-17,30,33-34,37H,2,5,10-11,18-24H2,(H,40,41,42). The minimum atomic E-state index is -4.03. The molecular formula is C34H40N2O7S3. The van der Waals surface area contributed by atoms with Gasteiger partial charge in [0.2, 0.25) is 0 Å². The van der Waals surface area contributed by atoms with E-state index in [1.165, 1.54) is 16.7 Å². The molecule has 5 rings (SSSR count). The van der Waals surface area contributed by atoms with Crippen LogP contribution in [0.15, 0.2) is 78.9 Å². The highest BCUT2D eigenvalue weighted by Crippen LogP contribution is 2.52. The summed E-state index contributed by atoms with van der Waals surface area (Å²) in [6, 6.07) is 27.4. The molecule has 0 aromatic heterocycles. The van der Waals surface area contributed by atoms with E-state index in [4.69, 9.17) is 4.84 Å². The Morgan fingerprint density at radius 2 is 1.48 bits per heavy atom. The molecule has 2 aliphatic rings. The van der Waals surface area contributed by atoms with Crippen molar-refractivity contribution in [2.45, 2.75) is 68.2 Å². The number of para-hydroxylation sites is 2. The number of aliphatic hydroxyl groups is 1. The molecule has 3 aromatic carbocycles. The van der Waals surface area contributed by atoms with Gasteiger partial charge in [0.05, 0.1) is 10.3 Å². The van der Waals surface area contributed by atoms with E-state index in [-0.39, 0.29) is 41.4 Å². The monoisotopic (exact) mass is 684 g/mol. The average molecular weight is 685 g/mol. The fourth-order valence-corrected chi connectivity index (χ4v) is 9.63. The Labute approximate surface area is 279 Å². The van der Waals surface area contributed by atoms with Gasteiger partial charge in [0.1, 0.15) is 0 Å². The molecule has 46 heavy (non-hydrogen) atoms. The summed E-state index contributed by atoms with van der Waals surface area (Å²) >= 11 is 3.56. The first-order valence-electron chi connectivity index (χ1n) is 15.6. The second-order valence-electron chi connectivity index (χ2n) is 11.4. The molecule has 246 valence electrons. The van der Waals surface area contributed by atoms with Crippen LogP contribution in [0.2, 0.25) is 0 Å². The van der Waals surface area contributed by atoms with Crippen molar-refractivity contribution in [2.75, 3.05) is 22.2 Å². The lowest BCUT2D eigenvalue weighted by molar-refractivity contribution is -0.220. The number of hydrogen-bond donors (Lipinski definition) is 2. The second-order valence-corrected chi connectivity index (χ2v) is 15.8. The highest BCUT2D eigenvalue weighted by atomic mass is 32.2. The van der Waals surface area contributed by atoms with Crippen LogP contribution in [0, 0.1) is 0 Å². The van der Waals surface area contributed by atoms with Crippen LogP contribution in [0.3, 0.4) is 0 Å². The van der Waals surface area contributed by atoms with Crippen LogP contribution in [0.25, 0.3) is 0 Å². The van der Waals surface area contributed by atoms with Gasteiger partial charge in [-0.15, -0.1) is 28.6 Å². The van der Waals surface area contributed by atoms with Crippen LogP contribution in [-0.2, 0) is 31.1 Å². The molecule has 2 heterocycles. The quantitative estimate of drug-likeness (QED) is 0.0982. The Morgan fingerprint density at radius 3 is 2.09 bits per heavy atom. The Hall–Kier alpha value is -3.03. The molecule has 12 heteroatoms. The number of nitrogens with zero attached hydrogens (tertiary/aromatic N) is 2. The molecule has 0 radical (unpaired) electrons. The summed E-state index contributed by atoms with van der Waals surface area (Å²) < 4.78 is 32.2. The Balaban J connectivity index is 1.27. The van der Waals surface area contributed by atoms with Gasteiger partial charge in [-0.3, -0.25) is 9.35 Å². The highest BCUT2D eigenvalue weighted by molar-refractivity contribution is 8.17. The summed E-state index contributed by atoms with van der Waals surface area (Å²) in [5.41, 5.74) is 5.96. The van der Waals surface area contributed by atoms with Gasteiger partial charge in [-0.05, 0) is 59.6 Å². The van der Waals surface area contributed by atoms with Gasteiger partial charge in [0.15, 0.2) is 6.23 Å². The minimum absolute atomic E-state index is 0.0551. The van der Waals surface area contributed by atoms with Gasteiger partial charge in [0, 0.05) is 43.1 Å². The largest absolute Gasteiger partial charge is 0.370 e. The number of carbonyl (C=O) groups excluding carboxylic acids is 2. The molecule has 0 aliphatic carbocycles. The maximum absolute atomic E-state index is 12.2. The average Bonchev–Trinajstić information content (AvgIpc) is 3.36. The second kappa shape index (κ2) is 16.2. The number of anilines is 2. The van der Waals surface area contributed by atoms with Gasteiger partial charge in [-0.1, -0.05) is 73.2 Å². The molecular weight excluding hydrogens is 645 g/mol. The lowest BCUT2D eigenvalue weighted by atomic mass is 9.85. The number of carbonyl (C=O) groups is 2. The van der Waals surface area contributed by atoms with Crippen LogP contribution in [0.1, 0.15) is 67.6 Å². The molecule has 1 amide bonds. The van der Waals surface area contributed by atoms with E-state index in [9.17, 15) is 27.7 Å². The first-order valence-corrected chi connectivity index (χ1v) is 19.3. The van der Waals surface area contributed by atoms with Gasteiger partial charge < -0.3 is 14.8 Å². The Morgan fingerprint density at radius 1 is 0.870 bits per heavy atom. The SMILES string of the molecule is O=C(CCCCCSC(SCCCS(=O)(=O)O)C1c2ccccc2N(Cc2ccccc2)c2ccccc21)ON1C(=O)CCC1O. The van der Waals surface area contributed by atoms with Crippen LogP contribution in [0.4, 0.5) is 11.4 Å². The van der Waals surface area contributed by atoms with Gasteiger partial charge in [-0.2, -0.15) is 8.42 Å². The summed E-state index contributed by atoms with van der Waals surface area (Å²) in [6.45, 7) is 0.730. The van der Waals surface area contributed by atoms with Crippen LogP contribution >= 0.6 is 23.5 Å². The Kier molecular flexibility index (Phi) is 12.1. The van der Waals surface area contributed by atoms with E-state index in [0.29, 0.717) is 18.6 Å². The number of unbranched alkanes of at least 4 members (excludes halogenated alkanes) is 2. The van der Waals surface area contributed by atoms with Crippen LogP contribution in [0.5, 0.6) is 0 Å². The molecule has 1 saturated heterocycles. The number of rotatable bonds is 16. The normalized spacial score (nSPS) is 17.1. The molecule has 2 N–H and O–H groups in total. The maximum Gasteiger partial charge on any atom is 0.332 e. The van der Waals surface area contributed by atoms with E-state index >= 15 is 0 Å². The first kappa shape index (κ1) is 34.3. The number of aliphatic hydroxyl groups excluding tert-OH is 1. The smallest absolute Gasteiger partial charge is 0.332 e. The lowest BCUT2D eigenvalue weighted by Crippen LogP contribution is -2.35. The van der Waals surface area contributed by atoms with E-state index in [2.05, 4.69) is 77.7 Å². The third kappa shape index (κ3) is 9.07. The van der Waals surface area contributed by atoms with Crippen molar-refractivity contribution in [3.63, 3.8) is 0 Å². The Bertz CT molecular complexity index is 1540. The molecule has 3 aromatic rings. The van der Waals surface area contributed by atoms with Crippen molar-refractivity contribution in [3.05, 3.63) is 95.6 Å². The zero-order valence-electron chi connectivity index (χ0n) is 25.6. The molecule has 9 nitrogen and oxygen atoms in total. The van der Waals surface area contributed by atoms with Crippen molar-refractivity contribution in [2.24, 2.45) is 0 Å². The van der Waals surface area contributed by atoms with Crippen LogP contribution in [-0.4, -0.2) is 63.1 Å². The summed E-state index contributed by atoms with van der Waals surface area (Å²) in [7, 11) is -4.03. The fraction of sp³-hybridized carbons (Fsp3) is 0.412. The summed E-state index contributed by atoms with van der Waals surface area (Å²) in [4.78, 5) is 31.4. The number of benzene rings is 3. The summed E-state index contributed by atoms with van der Waals surface area (Å²) in [5.74, 6) is 0.300. The van der Waals surface area contributed by atoms with Crippen molar-refractivity contribution in [1.82, 2.24) is 5.06 Å². The number of hydrogen-bond acceptors (Lipinski definition) is 9. The van der Waals surface area contributed by atoms with E-state index in [1.54, 1.807) is 11.8 Å². The first-order chi connectivity index (χ1) is 22.2. The van der Waals surface area contributed by atoms with Gasteiger partial charge in [0.25, 0.3) is 16.0 Å². The fourth-order valence-electron chi connectivity index (χ4n) is 5.86. The van der Waals surface area contributed by atoms with E-state index in [0.717, 1.165) is 41.6 Å².